The zero-order chi connectivity index (χ0) is 20.1. The lowest BCUT2D eigenvalue weighted by atomic mass is 10.1. The number of halogens is 2. The average molecular weight is 415 g/mol. The number of methoxy groups -OCH3 is 1. The Morgan fingerprint density at radius 2 is 1.68 bits per heavy atom. The molecule has 0 saturated heterocycles. The van der Waals surface area contributed by atoms with Crippen LogP contribution < -0.4 is 15.6 Å². The summed E-state index contributed by atoms with van der Waals surface area (Å²) in [6.45, 7) is 0. The molecule has 0 heterocycles. The van der Waals surface area contributed by atoms with Gasteiger partial charge in [0.05, 0.1) is 17.7 Å². The smallest absolute Gasteiger partial charge is 0.271 e. The highest BCUT2D eigenvalue weighted by Crippen LogP contribution is 2.22. The van der Waals surface area contributed by atoms with Gasteiger partial charge in [0.2, 0.25) is 0 Å². The molecule has 3 aromatic rings. The molecule has 142 valence electrons. The predicted molar refractivity (Wildman–Crippen MR) is 112 cm³/mol. The molecular formula is C21H16Cl2N2O3. The first-order valence-corrected chi connectivity index (χ1v) is 9.03. The second-order valence-corrected chi connectivity index (χ2v) is 6.72. The quantitative estimate of drug-likeness (QED) is 0.482. The van der Waals surface area contributed by atoms with Crippen molar-refractivity contribution in [3.05, 3.63) is 81.8 Å². The highest BCUT2D eigenvalue weighted by Gasteiger charge is 2.11. The minimum Gasteiger partial charge on any atom is -0.497 e. The molecule has 2 N–H and O–H groups in total. The number of benzene rings is 3. The summed E-state index contributed by atoms with van der Waals surface area (Å²) in [6.07, 6.45) is 2.97. The Morgan fingerprint density at radius 1 is 0.929 bits per heavy atom. The van der Waals surface area contributed by atoms with Crippen LogP contribution in [-0.4, -0.2) is 18.9 Å². The number of carbonyl (C=O) groups is 2. The standard InChI is InChI=1S/C21H16Cl2N2O3/c1-28-17-7-5-14-10-13(2-4-15(14)11-17)3-9-20(26)24-25-21(27)18-12-16(22)6-8-19(18)23/h2-12H,1H3,(H,24,26)(H,25,27)/b9-3+. The fourth-order valence-corrected chi connectivity index (χ4v) is 2.92. The highest BCUT2D eigenvalue weighted by molar-refractivity contribution is 6.35. The van der Waals surface area contributed by atoms with E-state index in [0.717, 1.165) is 22.1 Å². The van der Waals surface area contributed by atoms with Crippen LogP contribution >= 0.6 is 23.2 Å². The molecule has 0 aliphatic heterocycles. The van der Waals surface area contributed by atoms with Gasteiger partial charge >= 0.3 is 0 Å². The summed E-state index contributed by atoms with van der Waals surface area (Å²) in [4.78, 5) is 24.1. The first-order valence-electron chi connectivity index (χ1n) is 8.27. The van der Waals surface area contributed by atoms with Crippen molar-refractivity contribution in [3.63, 3.8) is 0 Å². The Bertz CT molecular complexity index is 1080. The number of hydrogen-bond donors (Lipinski definition) is 2. The number of fused-ring (bicyclic) bond motifs is 1. The molecule has 0 atom stereocenters. The molecule has 0 aliphatic carbocycles. The maximum absolute atomic E-state index is 12.1. The van der Waals surface area contributed by atoms with Crippen molar-refractivity contribution >= 4 is 51.9 Å². The number of nitrogens with one attached hydrogen (secondary N) is 2. The van der Waals surface area contributed by atoms with Crippen LogP contribution in [-0.2, 0) is 4.79 Å². The second-order valence-electron chi connectivity index (χ2n) is 5.87. The zero-order valence-corrected chi connectivity index (χ0v) is 16.3. The molecule has 3 rings (SSSR count). The number of rotatable bonds is 4. The lowest BCUT2D eigenvalue weighted by Crippen LogP contribution is -2.40. The van der Waals surface area contributed by atoms with Crippen LogP contribution in [0.5, 0.6) is 5.75 Å². The maximum Gasteiger partial charge on any atom is 0.271 e. The van der Waals surface area contributed by atoms with Crippen molar-refractivity contribution in [2.75, 3.05) is 7.11 Å². The van der Waals surface area contributed by atoms with Crippen molar-refractivity contribution in [2.24, 2.45) is 0 Å². The van der Waals surface area contributed by atoms with Gasteiger partial charge in [-0.2, -0.15) is 0 Å². The first-order chi connectivity index (χ1) is 13.5. The Labute approximate surface area is 171 Å². The van der Waals surface area contributed by atoms with E-state index in [4.69, 9.17) is 27.9 Å². The lowest BCUT2D eigenvalue weighted by Gasteiger charge is -2.07. The molecule has 0 bridgehead atoms. The summed E-state index contributed by atoms with van der Waals surface area (Å²) >= 11 is 11.8. The summed E-state index contributed by atoms with van der Waals surface area (Å²) in [6, 6.07) is 16.0. The van der Waals surface area contributed by atoms with Gasteiger partial charge in [-0.3, -0.25) is 20.4 Å². The summed E-state index contributed by atoms with van der Waals surface area (Å²) in [5.41, 5.74) is 5.62. The van der Waals surface area contributed by atoms with Crippen molar-refractivity contribution in [3.8, 4) is 5.75 Å². The van der Waals surface area contributed by atoms with Gasteiger partial charge in [0.15, 0.2) is 0 Å². The molecule has 7 heteroatoms. The topological polar surface area (TPSA) is 67.4 Å². The highest BCUT2D eigenvalue weighted by atomic mass is 35.5. The van der Waals surface area contributed by atoms with Crippen molar-refractivity contribution in [2.45, 2.75) is 0 Å². The molecule has 0 unspecified atom stereocenters. The average Bonchev–Trinajstić information content (AvgIpc) is 2.71. The SMILES string of the molecule is COc1ccc2cc(/C=C/C(=O)NNC(=O)c3cc(Cl)ccc3Cl)ccc2c1. The van der Waals surface area contributed by atoms with Gasteiger partial charge < -0.3 is 4.74 Å². The van der Waals surface area contributed by atoms with Gasteiger partial charge in [0, 0.05) is 11.1 Å². The molecule has 0 spiro atoms. The molecule has 2 amide bonds. The number of ether oxygens (including phenoxy) is 1. The molecule has 0 aromatic heterocycles. The van der Waals surface area contributed by atoms with Gasteiger partial charge in [0.25, 0.3) is 11.8 Å². The van der Waals surface area contributed by atoms with Crippen LogP contribution in [0.25, 0.3) is 16.8 Å². The third kappa shape index (κ3) is 4.82. The van der Waals surface area contributed by atoms with E-state index < -0.39 is 11.8 Å². The van der Waals surface area contributed by atoms with Gasteiger partial charge in [-0.1, -0.05) is 41.4 Å². The minimum atomic E-state index is -0.561. The molecule has 5 nitrogen and oxygen atoms in total. The summed E-state index contributed by atoms with van der Waals surface area (Å²) < 4.78 is 5.21. The van der Waals surface area contributed by atoms with Gasteiger partial charge in [-0.05, 0) is 58.8 Å². The molecular weight excluding hydrogens is 399 g/mol. The van der Waals surface area contributed by atoms with Crippen LogP contribution in [0.1, 0.15) is 15.9 Å². The Balaban J connectivity index is 1.62. The van der Waals surface area contributed by atoms with Crippen LogP contribution in [0.3, 0.4) is 0 Å². The van der Waals surface area contributed by atoms with Gasteiger partial charge in [-0.25, -0.2) is 0 Å². The molecule has 0 radical (unpaired) electrons. The van der Waals surface area contributed by atoms with E-state index in [1.807, 2.05) is 36.4 Å². The largest absolute Gasteiger partial charge is 0.497 e. The summed E-state index contributed by atoms with van der Waals surface area (Å²) in [5.74, 6) is -0.263. The van der Waals surface area contributed by atoms with E-state index in [9.17, 15) is 9.59 Å². The third-order valence-electron chi connectivity index (χ3n) is 3.97. The van der Waals surface area contributed by atoms with Crippen LogP contribution in [0.2, 0.25) is 10.0 Å². The van der Waals surface area contributed by atoms with E-state index in [-0.39, 0.29) is 10.6 Å². The minimum absolute atomic E-state index is 0.170. The number of hydrogen-bond acceptors (Lipinski definition) is 3. The van der Waals surface area contributed by atoms with E-state index >= 15 is 0 Å². The van der Waals surface area contributed by atoms with E-state index in [0.29, 0.717) is 5.02 Å². The summed E-state index contributed by atoms with van der Waals surface area (Å²) in [7, 11) is 1.62. The van der Waals surface area contributed by atoms with Gasteiger partial charge in [-0.15, -0.1) is 0 Å². The van der Waals surface area contributed by atoms with Crippen molar-refractivity contribution < 1.29 is 14.3 Å². The van der Waals surface area contributed by atoms with Crippen LogP contribution in [0.15, 0.2) is 60.7 Å². The molecule has 0 aliphatic rings. The predicted octanol–water partition coefficient (Wildman–Crippen LogP) is 4.63. The number of amides is 2. The Hall–Kier alpha value is -3.02. The van der Waals surface area contributed by atoms with Crippen LogP contribution in [0, 0.1) is 0 Å². The lowest BCUT2D eigenvalue weighted by molar-refractivity contribution is -0.117. The van der Waals surface area contributed by atoms with E-state index in [1.165, 1.54) is 18.2 Å². The molecule has 0 fully saturated rings. The number of hydrazine groups is 1. The zero-order valence-electron chi connectivity index (χ0n) is 14.8. The molecule has 0 saturated carbocycles. The first kappa shape index (κ1) is 19.7. The second kappa shape index (κ2) is 8.78. The Kier molecular flexibility index (Phi) is 6.19. The molecule has 3 aromatic carbocycles. The molecule has 28 heavy (non-hydrogen) atoms. The summed E-state index contributed by atoms with van der Waals surface area (Å²) in [5, 5.41) is 2.66. The van der Waals surface area contributed by atoms with Gasteiger partial charge in [0.1, 0.15) is 5.75 Å². The van der Waals surface area contributed by atoms with E-state index in [2.05, 4.69) is 10.9 Å². The van der Waals surface area contributed by atoms with E-state index in [1.54, 1.807) is 19.3 Å². The third-order valence-corrected chi connectivity index (χ3v) is 4.54. The maximum atomic E-state index is 12.1. The number of carbonyl (C=O) groups excluding carboxylic acids is 2. The van der Waals surface area contributed by atoms with Crippen LogP contribution in [0.4, 0.5) is 0 Å². The monoisotopic (exact) mass is 414 g/mol. The fraction of sp³-hybridized carbons (Fsp3) is 0.0476. The van der Waals surface area contributed by atoms with Crippen molar-refractivity contribution in [1.82, 2.24) is 10.9 Å². The Morgan fingerprint density at radius 3 is 2.46 bits per heavy atom. The normalized spacial score (nSPS) is 10.8. The fourth-order valence-electron chi connectivity index (χ4n) is 2.54. The van der Waals surface area contributed by atoms with Crippen molar-refractivity contribution in [1.29, 1.82) is 0 Å².